The number of aromatic nitrogens is 2. The second-order valence-electron chi connectivity index (χ2n) is 7.41. The average molecular weight is 450 g/mol. The number of amides is 1. The first-order chi connectivity index (χ1) is 14.4. The van der Waals surface area contributed by atoms with Gasteiger partial charge in [-0.2, -0.15) is 5.10 Å². The third-order valence-electron chi connectivity index (χ3n) is 5.23. The molecule has 1 aliphatic heterocycles. The van der Waals surface area contributed by atoms with E-state index in [9.17, 15) is 9.59 Å². The van der Waals surface area contributed by atoms with Gasteiger partial charge in [-0.3, -0.25) is 4.79 Å². The number of likely N-dealkylation sites (tertiary alicyclic amines) is 1. The molecule has 1 saturated heterocycles. The van der Waals surface area contributed by atoms with E-state index in [-0.39, 0.29) is 18.6 Å². The highest BCUT2D eigenvalue weighted by atomic mass is 35.5. The molecule has 0 saturated carbocycles. The summed E-state index contributed by atoms with van der Waals surface area (Å²) in [7, 11) is 0. The number of nitrogens with zero attached hydrogens (tertiary/aromatic N) is 3. The van der Waals surface area contributed by atoms with E-state index in [0.29, 0.717) is 34.5 Å². The van der Waals surface area contributed by atoms with E-state index in [1.807, 2.05) is 31.2 Å². The molecule has 0 spiro atoms. The number of hydrogen-bond donors (Lipinski definition) is 0. The molecule has 0 bridgehead atoms. The SMILES string of the molecule is Cc1nn(Cc2ccccc2Cl)c(Cl)c1/C=C/C(=O)OCC(=O)N1CCCCC1C. The quantitative estimate of drug-likeness (QED) is 0.480. The minimum atomic E-state index is -0.595. The second kappa shape index (κ2) is 10.1. The summed E-state index contributed by atoms with van der Waals surface area (Å²) < 4.78 is 6.75. The summed E-state index contributed by atoms with van der Waals surface area (Å²) >= 11 is 12.7. The molecule has 1 amide bonds. The minimum absolute atomic E-state index is 0.161. The molecule has 1 aromatic heterocycles. The topological polar surface area (TPSA) is 64.4 Å². The number of aryl methyl sites for hydroxylation is 1. The van der Waals surface area contributed by atoms with Gasteiger partial charge in [0.25, 0.3) is 5.91 Å². The molecule has 1 aliphatic rings. The lowest BCUT2D eigenvalue weighted by Crippen LogP contribution is -2.44. The van der Waals surface area contributed by atoms with Gasteiger partial charge in [-0.25, -0.2) is 9.48 Å². The van der Waals surface area contributed by atoms with Gasteiger partial charge in [0.2, 0.25) is 0 Å². The predicted octanol–water partition coefficient (Wildman–Crippen LogP) is 4.50. The first-order valence-electron chi connectivity index (χ1n) is 9.97. The Balaban J connectivity index is 1.60. The molecule has 1 fully saturated rings. The highest BCUT2D eigenvalue weighted by Crippen LogP contribution is 2.24. The Labute approximate surface area is 186 Å². The van der Waals surface area contributed by atoms with Gasteiger partial charge < -0.3 is 9.64 Å². The van der Waals surface area contributed by atoms with Crippen LogP contribution < -0.4 is 0 Å². The van der Waals surface area contributed by atoms with E-state index in [1.54, 1.807) is 22.6 Å². The highest BCUT2D eigenvalue weighted by molar-refractivity contribution is 6.32. The molecule has 0 aliphatic carbocycles. The molecule has 2 aromatic rings. The van der Waals surface area contributed by atoms with Gasteiger partial charge >= 0.3 is 5.97 Å². The fraction of sp³-hybridized carbons (Fsp3) is 0.409. The van der Waals surface area contributed by atoms with Gasteiger partial charge in [-0.1, -0.05) is 41.4 Å². The molecule has 30 heavy (non-hydrogen) atoms. The molecule has 160 valence electrons. The van der Waals surface area contributed by atoms with Crippen molar-refractivity contribution >= 4 is 41.2 Å². The Bertz CT molecular complexity index is 955. The molecule has 1 unspecified atom stereocenters. The van der Waals surface area contributed by atoms with Crippen molar-refractivity contribution in [3.8, 4) is 0 Å². The number of hydrogen-bond acceptors (Lipinski definition) is 4. The molecular formula is C22H25Cl2N3O3. The molecule has 6 nitrogen and oxygen atoms in total. The summed E-state index contributed by atoms with van der Waals surface area (Å²) in [5.41, 5.74) is 2.19. The Kier molecular flexibility index (Phi) is 7.56. The first kappa shape index (κ1) is 22.4. The van der Waals surface area contributed by atoms with Crippen LogP contribution in [0, 0.1) is 6.92 Å². The summed E-state index contributed by atoms with van der Waals surface area (Å²) in [6, 6.07) is 7.66. The third-order valence-corrected chi connectivity index (χ3v) is 6.00. The number of piperidine rings is 1. The van der Waals surface area contributed by atoms with Crippen LogP contribution in [0.15, 0.2) is 30.3 Å². The third kappa shape index (κ3) is 5.43. The van der Waals surface area contributed by atoms with Gasteiger partial charge in [0, 0.05) is 29.2 Å². The largest absolute Gasteiger partial charge is 0.452 e. The van der Waals surface area contributed by atoms with Crippen LogP contribution in [-0.2, 0) is 20.9 Å². The van der Waals surface area contributed by atoms with Crippen molar-refractivity contribution in [1.82, 2.24) is 14.7 Å². The standard InChI is InChI=1S/C22H25Cl2N3O3/c1-15-7-5-6-12-26(15)20(28)14-30-21(29)11-10-18-16(2)25-27(22(18)24)13-17-8-3-4-9-19(17)23/h3-4,8-11,15H,5-7,12-14H2,1-2H3/b11-10+. The molecular weight excluding hydrogens is 425 g/mol. The Morgan fingerprint density at radius 3 is 2.77 bits per heavy atom. The van der Waals surface area contributed by atoms with Crippen LogP contribution in [0.2, 0.25) is 10.2 Å². The molecule has 1 atom stereocenters. The summed E-state index contributed by atoms with van der Waals surface area (Å²) in [6.45, 7) is 4.70. The van der Waals surface area contributed by atoms with Gasteiger partial charge in [0.05, 0.1) is 12.2 Å². The fourth-order valence-corrected chi connectivity index (χ4v) is 4.03. The maximum Gasteiger partial charge on any atom is 0.331 e. The summed E-state index contributed by atoms with van der Waals surface area (Å²) in [6.07, 6.45) is 5.92. The maximum absolute atomic E-state index is 12.3. The van der Waals surface area contributed by atoms with E-state index in [4.69, 9.17) is 27.9 Å². The van der Waals surface area contributed by atoms with Crippen molar-refractivity contribution in [2.75, 3.05) is 13.2 Å². The lowest BCUT2D eigenvalue weighted by molar-refractivity contribution is -0.149. The molecule has 3 rings (SSSR count). The number of carbonyl (C=O) groups is 2. The van der Waals surface area contributed by atoms with Crippen molar-refractivity contribution in [2.45, 2.75) is 45.7 Å². The van der Waals surface area contributed by atoms with Crippen LogP contribution >= 0.6 is 23.2 Å². The van der Waals surface area contributed by atoms with Gasteiger partial charge in [-0.05, 0) is 50.8 Å². The number of benzene rings is 1. The molecule has 1 aromatic carbocycles. The van der Waals surface area contributed by atoms with Crippen LogP contribution in [0.3, 0.4) is 0 Å². The highest BCUT2D eigenvalue weighted by Gasteiger charge is 2.23. The summed E-state index contributed by atoms with van der Waals surface area (Å²) in [5.74, 6) is -0.756. The zero-order valence-electron chi connectivity index (χ0n) is 17.1. The van der Waals surface area contributed by atoms with Crippen molar-refractivity contribution in [1.29, 1.82) is 0 Å². The zero-order chi connectivity index (χ0) is 21.7. The van der Waals surface area contributed by atoms with Crippen LogP contribution in [0.1, 0.15) is 43.0 Å². The van der Waals surface area contributed by atoms with Crippen LogP contribution in [0.4, 0.5) is 0 Å². The van der Waals surface area contributed by atoms with E-state index < -0.39 is 5.97 Å². The van der Waals surface area contributed by atoms with Crippen molar-refractivity contribution in [2.24, 2.45) is 0 Å². The number of carbonyl (C=O) groups excluding carboxylic acids is 2. The van der Waals surface area contributed by atoms with E-state index in [1.165, 1.54) is 6.08 Å². The first-order valence-corrected chi connectivity index (χ1v) is 10.7. The minimum Gasteiger partial charge on any atom is -0.452 e. The van der Waals surface area contributed by atoms with Crippen molar-refractivity contribution in [3.63, 3.8) is 0 Å². The van der Waals surface area contributed by atoms with E-state index in [2.05, 4.69) is 5.10 Å². The van der Waals surface area contributed by atoms with Crippen LogP contribution in [0.25, 0.3) is 6.08 Å². The molecule has 8 heteroatoms. The second-order valence-corrected chi connectivity index (χ2v) is 8.18. The van der Waals surface area contributed by atoms with Gasteiger partial charge in [-0.15, -0.1) is 0 Å². The molecule has 0 N–H and O–H groups in total. The van der Waals surface area contributed by atoms with Crippen molar-refractivity contribution in [3.05, 3.63) is 57.3 Å². The van der Waals surface area contributed by atoms with Crippen molar-refractivity contribution < 1.29 is 14.3 Å². The number of ether oxygens (including phenoxy) is 1. The molecule has 0 radical (unpaired) electrons. The number of halogens is 2. The van der Waals surface area contributed by atoms with E-state index in [0.717, 1.165) is 24.8 Å². The Morgan fingerprint density at radius 2 is 2.03 bits per heavy atom. The van der Waals surface area contributed by atoms with Crippen LogP contribution in [-0.4, -0.2) is 45.8 Å². The smallest absolute Gasteiger partial charge is 0.331 e. The summed E-state index contributed by atoms with van der Waals surface area (Å²) in [5, 5.41) is 5.46. The normalized spacial score (nSPS) is 16.8. The lowest BCUT2D eigenvalue weighted by Gasteiger charge is -2.33. The monoisotopic (exact) mass is 449 g/mol. The number of rotatable bonds is 6. The summed E-state index contributed by atoms with van der Waals surface area (Å²) in [4.78, 5) is 26.1. The fourth-order valence-electron chi connectivity index (χ4n) is 3.53. The lowest BCUT2D eigenvalue weighted by atomic mass is 10.0. The van der Waals surface area contributed by atoms with Crippen LogP contribution in [0.5, 0.6) is 0 Å². The van der Waals surface area contributed by atoms with Gasteiger partial charge in [0.1, 0.15) is 5.15 Å². The van der Waals surface area contributed by atoms with Gasteiger partial charge in [0.15, 0.2) is 6.61 Å². The maximum atomic E-state index is 12.3. The Hall–Kier alpha value is -2.31. The zero-order valence-corrected chi connectivity index (χ0v) is 18.6. The number of esters is 1. The predicted molar refractivity (Wildman–Crippen MR) is 118 cm³/mol. The molecule has 2 heterocycles. The average Bonchev–Trinajstić information content (AvgIpc) is 2.99. The Morgan fingerprint density at radius 1 is 1.27 bits per heavy atom. The van der Waals surface area contributed by atoms with E-state index >= 15 is 0 Å².